The molecule has 0 heterocycles. The molecule has 2 aromatic rings. The molecule has 0 aliphatic heterocycles. The normalized spacial score (nSPS) is 13.8. The highest BCUT2D eigenvalue weighted by molar-refractivity contribution is 5.92. The van der Waals surface area contributed by atoms with Crippen LogP contribution >= 0.6 is 0 Å². The van der Waals surface area contributed by atoms with Gasteiger partial charge in [-0.3, -0.25) is 14.4 Å². The van der Waals surface area contributed by atoms with Crippen LogP contribution in [0.1, 0.15) is 18.1 Å². The van der Waals surface area contributed by atoms with Crippen molar-refractivity contribution in [1.82, 2.24) is 10.6 Å². The molecule has 3 unspecified atom stereocenters. The molecule has 0 fully saturated rings. The Morgan fingerprint density at radius 3 is 1.82 bits per heavy atom. The van der Waals surface area contributed by atoms with E-state index in [2.05, 4.69) is 10.6 Å². The molecule has 0 aromatic heterocycles. The van der Waals surface area contributed by atoms with Gasteiger partial charge in [-0.05, 0) is 24.5 Å². The lowest BCUT2D eigenvalue weighted by molar-refractivity contribution is -0.131. The van der Waals surface area contributed by atoms with Crippen LogP contribution in [0.25, 0.3) is 0 Å². The number of primary amides is 1. The highest BCUT2D eigenvalue weighted by Gasteiger charge is 2.26. The Kier molecular flexibility index (Phi) is 7.71. The van der Waals surface area contributed by atoms with E-state index in [9.17, 15) is 14.4 Å². The second-order valence-electron chi connectivity index (χ2n) is 6.68. The first-order valence-corrected chi connectivity index (χ1v) is 9.10. The molecule has 2 rings (SSSR count). The maximum absolute atomic E-state index is 12.6. The maximum atomic E-state index is 12.6. The fraction of sp³-hybridized carbons (Fsp3) is 0.286. The summed E-state index contributed by atoms with van der Waals surface area (Å²) >= 11 is 0. The molecule has 0 saturated carbocycles. The lowest BCUT2D eigenvalue weighted by atomic mass is 10.0. The Labute approximate surface area is 164 Å². The Bertz CT molecular complexity index is 796. The second-order valence-corrected chi connectivity index (χ2v) is 6.68. The molecule has 3 atom stereocenters. The molecule has 6 N–H and O–H groups in total. The van der Waals surface area contributed by atoms with E-state index in [1.165, 1.54) is 6.92 Å². The molecule has 0 radical (unpaired) electrons. The molecular formula is C21H26N4O3. The minimum Gasteiger partial charge on any atom is -0.368 e. The van der Waals surface area contributed by atoms with E-state index in [-0.39, 0.29) is 6.42 Å². The van der Waals surface area contributed by atoms with Crippen LogP contribution in [0, 0.1) is 0 Å². The summed E-state index contributed by atoms with van der Waals surface area (Å²) in [4.78, 5) is 36.4. The number of hydrogen-bond acceptors (Lipinski definition) is 4. The van der Waals surface area contributed by atoms with Crippen molar-refractivity contribution in [3.05, 3.63) is 71.8 Å². The first kappa shape index (κ1) is 21.1. The summed E-state index contributed by atoms with van der Waals surface area (Å²) in [5, 5.41) is 5.23. The number of carbonyl (C=O) groups is 3. The predicted molar refractivity (Wildman–Crippen MR) is 107 cm³/mol. The minimum absolute atomic E-state index is 0.266. The number of rotatable bonds is 9. The van der Waals surface area contributed by atoms with E-state index in [1.54, 1.807) is 0 Å². The standard InChI is InChI=1S/C21H26N4O3/c1-14(19(23)26)24-21(28)18(13-16-10-6-3-7-11-16)25-20(27)17(22)12-15-8-4-2-5-9-15/h2-11,14,17-18H,12-13,22H2,1H3,(H2,23,26)(H,24,28)(H,25,27). The fourth-order valence-corrected chi connectivity index (χ4v) is 2.68. The second kappa shape index (κ2) is 10.2. The molecule has 0 aliphatic carbocycles. The van der Waals surface area contributed by atoms with Crippen molar-refractivity contribution in [2.45, 2.75) is 37.9 Å². The van der Waals surface area contributed by atoms with Gasteiger partial charge in [0.05, 0.1) is 6.04 Å². The largest absolute Gasteiger partial charge is 0.368 e. The van der Waals surface area contributed by atoms with Crippen LogP contribution in [0.2, 0.25) is 0 Å². The molecular weight excluding hydrogens is 356 g/mol. The molecule has 0 aliphatic rings. The molecule has 0 bridgehead atoms. The summed E-state index contributed by atoms with van der Waals surface area (Å²) in [6.07, 6.45) is 0.617. The van der Waals surface area contributed by atoms with Crippen LogP contribution in [-0.2, 0) is 27.2 Å². The van der Waals surface area contributed by atoms with Gasteiger partial charge in [0.2, 0.25) is 17.7 Å². The zero-order chi connectivity index (χ0) is 20.5. The summed E-state index contributed by atoms with van der Waals surface area (Å²) in [5.74, 6) is -1.58. The van der Waals surface area contributed by atoms with E-state index in [0.29, 0.717) is 6.42 Å². The van der Waals surface area contributed by atoms with E-state index in [1.807, 2.05) is 60.7 Å². The third kappa shape index (κ3) is 6.51. The van der Waals surface area contributed by atoms with E-state index >= 15 is 0 Å². The third-order valence-corrected chi connectivity index (χ3v) is 4.34. The lowest BCUT2D eigenvalue weighted by Gasteiger charge is -2.22. The minimum atomic E-state index is -0.876. The van der Waals surface area contributed by atoms with Crippen molar-refractivity contribution in [3.63, 3.8) is 0 Å². The van der Waals surface area contributed by atoms with Crippen LogP contribution < -0.4 is 22.1 Å². The molecule has 7 heteroatoms. The lowest BCUT2D eigenvalue weighted by Crippen LogP contribution is -2.55. The molecule has 7 nitrogen and oxygen atoms in total. The average molecular weight is 382 g/mol. The van der Waals surface area contributed by atoms with Gasteiger partial charge >= 0.3 is 0 Å². The predicted octanol–water partition coefficient (Wildman–Crippen LogP) is 0.274. The van der Waals surface area contributed by atoms with Gasteiger partial charge in [-0.15, -0.1) is 0 Å². The number of benzene rings is 2. The monoisotopic (exact) mass is 382 g/mol. The van der Waals surface area contributed by atoms with Gasteiger partial charge in [-0.25, -0.2) is 0 Å². The van der Waals surface area contributed by atoms with Crippen LogP contribution in [-0.4, -0.2) is 35.8 Å². The van der Waals surface area contributed by atoms with Gasteiger partial charge in [0, 0.05) is 6.42 Å². The fourth-order valence-electron chi connectivity index (χ4n) is 2.68. The van der Waals surface area contributed by atoms with Crippen molar-refractivity contribution >= 4 is 17.7 Å². The van der Waals surface area contributed by atoms with Gasteiger partial charge in [-0.1, -0.05) is 60.7 Å². The van der Waals surface area contributed by atoms with Gasteiger partial charge < -0.3 is 22.1 Å². The SMILES string of the molecule is CC(NC(=O)C(Cc1ccccc1)NC(=O)C(N)Cc1ccccc1)C(N)=O. The van der Waals surface area contributed by atoms with Gasteiger partial charge in [-0.2, -0.15) is 0 Å². The average Bonchev–Trinajstić information content (AvgIpc) is 2.68. The van der Waals surface area contributed by atoms with Crippen molar-refractivity contribution < 1.29 is 14.4 Å². The number of hydrogen-bond donors (Lipinski definition) is 4. The van der Waals surface area contributed by atoms with E-state index in [0.717, 1.165) is 11.1 Å². The molecule has 0 saturated heterocycles. The Balaban J connectivity index is 2.07. The highest BCUT2D eigenvalue weighted by Crippen LogP contribution is 2.06. The first-order chi connectivity index (χ1) is 13.4. The van der Waals surface area contributed by atoms with Crippen LogP contribution in [0.4, 0.5) is 0 Å². The van der Waals surface area contributed by atoms with Gasteiger partial charge in [0.15, 0.2) is 0 Å². The summed E-state index contributed by atoms with van der Waals surface area (Å²) in [6, 6.07) is 16.1. The van der Waals surface area contributed by atoms with Crippen molar-refractivity contribution in [2.24, 2.45) is 11.5 Å². The number of amides is 3. The topological polar surface area (TPSA) is 127 Å². The zero-order valence-corrected chi connectivity index (χ0v) is 15.8. The van der Waals surface area contributed by atoms with Gasteiger partial charge in [0.25, 0.3) is 0 Å². The van der Waals surface area contributed by atoms with Crippen molar-refractivity contribution in [1.29, 1.82) is 0 Å². The number of carbonyl (C=O) groups excluding carboxylic acids is 3. The Morgan fingerprint density at radius 2 is 1.32 bits per heavy atom. The van der Waals surface area contributed by atoms with E-state index < -0.39 is 35.8 Å². The van der Waals surface area contributed by atoms with E-state index in [4.69, 9.17) is 11.5 Å². The van der Waals surface area contributed by atoms with Crippen molar-refractivity contribution in [3.8, 4) is 0 Å². The summed E-state index contributed by atoms with van der Waals surface area (Å²) in [7, 11) is 0. The molecule has 0 spiro atoms. The third-order valence-electron chi connectivity index (χ3n) is 4.34. The van der Waals surface area contributed by atoms with Crippen LogP contribution in [0.5, 0.6) is 0 Å². The quantitative estimate of drug-likeness (QED) is 0.496. The molecule has 3 amide bonds. The smallest absolute Gasteiger partial charge is 0.243 e. The maximum Gasteiger partial charge on any atom is 0.243 e. The Morgan fingerprint density at radius 1 is 0.821 bits per heavy atom. The number of nitrogens with two attached hydrogens (primary N) is 2. The molecule has 148 valence electrons. The van der Waals surface area contributed by atoms with Crippen molar-refractivity contribution in [2.75, 3.05) is 0 Å². The Hall–Kier alpha value is -3.19. The summed E-state index contributed by atoms with van der Waals surface area (Å²) in [6.45, 7) is 1.49. The molecule has 2 aromatic carbocycles. The molecule has 28 heavy (non-hydrogen) atoms. The highest BCUT2D eigenvalue weighted by atomic mass is 16.2. The summed E-state index contributed by atoms with van der Waals surface area (Å²) in [5.41, 5.74) is 13.0. The van der Waals surface area contributed by atoms with Crippen LogP contribution in [0.15, 0.2) is 60.7 Å². The first-order valence-electron chi connectivity index (χ1n) is 9.10. The summed E-state index contributed by atoms with van der Waals surface area (Å²) < 4.78 is 0. The van der Waals surface area contributed by atoms with Gasteiger partial charge in [0.1, 0.15) is 12.1 Å². The zero-order valence-electron chi connectivity index (χ0n) is 15.8. The number of nitrogens with one attached hydrogen (secondary N) is 2. The van der Waals surface area contributed by atoms with Crippen LogP contribution in [0.3, 0.4) is 0 Å².